The molecule has 0 atom stereocenters. The van der Waals surface area contributed by atoms with Crippen LogP contribution >= 0.6 is 11.6 Å². The third-order valence-electron chi connectivity index (χ3n) is 3.37. The molecule has 122 valence electrons. The smallest absolute Gasteiger partial charge is 0.229 e. The van der Waals surface area contributed by atoms with Crippen LogP contribution in [0.4, 0.5) is 21.8 Å². The third-order valence-corrected chi connectivity index (χ3v) is 3.60. The van der Waals surface area contributed by atoms with Gasteiger partial charge in [-0.25, -0.2) is 9.37 Å². The van der Waals surface area contributed by atoms with E-state index in [4.69, 9.17) is 11.6 Å². The van der Waals surface area contributed by atoms with E-state index >= 15 is 0 Å². The number of aromatic nitrogens is 2. The zero-order valence-electron chi connectivity index (χ0n) is 12.8. The quantitative estimate of drug-likeness (QED) is 0.683. The molecule has 0 aliphatic carbocycles. The number of hydrogen-bond acceptors (Lipinski definition) is 4. The minimum atomic E-state index is -0.223. The van der Waals surface area contributed by atoms with Crippen molar-refractivity contribution < 1.29 is 4.39 Å². The molecule has 1 heterocycles. The van der Waals surface area contributed by atoms with E-state index in [0.717, 1.165) is 23.5 Å². The van der Waals surface area contributed by atoms with Crippen LogP contribution in [0.5, 0.6) is 0 Å². The summed E-state index contributed by atoms with van der Waals surface area (Å²) >= 11 is 5.96. The summed E-state index contributed by atoms with van der Waals surface area (Å²) in [6.07, 6.45) is 2.46. The van der Waals surface area contributed by atoms with Crippen molar-refractivity contribution in [3.05, 3.63) is 77.2 Å². The maximum Gasteiger partial charge on any atom is 0.229 e. The normalized spacial score (nSPS) is 10.4. The molecule has 24 heavy (non-hydrogen) atoms. The molecular formula is C18H16ClFN4. The summed E-state index contributed by atoms with van der Waals surface area (Å²) in [7, 11) is 0. The van der Waals surface area contributed by atoms with Crippen LogP contribution in [0.15, 0.2) is 60.8 Å². The highest BCUT2D eigenvalue weighted by Crippen LogP contribution is 2.18. The van der Waals surface area contributed by atoms with Gasteiger partial charge < -0.3 is 10.6 Å². The first-order valence-corrected chi connectivity index (χ1v) is 7.91. The maximum absolute atomic E-state index is 12.9. The molecule has 0 aliphatic heterocycles. The van der Waals surface area contributed by atoms with E-state index in [1.54, 1.807) is 36.5 Å². The van der Waals surface area contributed by atoms with Crippen LogP contribution < -0.4 is 10.6 Å². The standard InChI is InChI=1S/C18H16ClFN4/c19-14-2-1-3-16(12-14)23-18-22-11-9-17(24-18)21-10-8-13-4-6-15(20)7-5-13/h1-7,9,11-12H,8,10H2,(H2,21,22,23,24). The fraction of sp³-hybridized carbons (Fsp3) is 0.111. The van der Waals surface area contributed by atoms with E-state index in [2.05, 4.69) is 20.6 Å². The summed E-state index contributed by atoms with van der Waals surface area (Å²) in [5, 5.41) is 6.99. The number of hydrogen-bond donors (Lipinski definition) is 2. The van der Waals surface area contributed by atoms with Crippen LogP contribution in [-0.4, -0.2) is 16.5 Å². The Labute approximate surface area is 144 Å². The maximum atomic E-state index is 12.9. The predicted molar refractivity (Wildman–Crippen MR) is 95.4 cm³/mol. The van der Waals surface area contributed by atoms with Crippen molar-refractivity contribution in [3.8, 4) is 0 Å². The van der Waals surface area contributed by atoms with E-state index in [1.165, 1.54) is 12.1 Å². The number of halogens is 2. The SMILES string of the molecule is Fc1ccc(CCNc2ccnc(Nc3cccc(Cl)c3)n2)cc1. The Morgan fingerprint density at radius 2 is 1.88 bits per heavy atom. The van der Waals surface area contributed by atoms with E-state index in [1.807, 2.05) is 12.1 Å². The minimum absolute atomic E-state index is 0.223. The van der Waals surface area contributed by atoms with Crippen LogP contribution in [0, 0.1) is 5.82 Å². The highest BCUT2D eigenvalue weighted by atomic mass is 35.5. The lowest BCUT2D eigenvalue weighted by Crippen LogP contribution is -2.07. The Balaban J connectivity index is 1.57. The Morgan fingerprint density at radius 1 is 1.04 bits per heavy atom. The Kier molecular flexibility index (Phi) is 5.23. The predicted octanol–water partition coefficient (Wildman–Crippen LogP) is 4.67. The largest absolute Gasteiger partial charge is 0.370 e. The zero-order valence-corrected chi connectivity index (χ0v) is 13.6. The van der Waals surface area contributed by atoms with Gasteiger partial charge in [0.25, 0.3) is 0 Å². The molecule has 0 aliphatic rings. The van der Waals surface area contributed by atoms with Crippen molar-refractivity contribution >= 4 is 29.1 Å². The molecule has 4 nitrogen and oxygen atoms in total. The van der Waals surface area contributed by atoms with Gasteiger partial charge in [-0.2, -0.15) is 4.98 Å². The second kappa shape index (κ2) is 7.75. The molecule has 6 heteroatoms. The average Bonchev–Trinajstić information content (AvgIpc) is 2.57. The van der Waals surface area contributed by atoms with Crippen molar-refractivity contribution in [2.24, 2.45) is 0 Å². The molecule has 0 saturated carbocycles. The Hall–Kier alpha value is -2.66. The second-order valence-electron chi connectivity index (χ2n) is 5.20. The van der Waals surface area contributed by atoms with Crippen LogP contribution in [0.3, 0.4) is 0 Å². The van der Waals surface area contributed by atoms with E-state index in [0.29, 0.717) is 17.5 Å². The first-order chi connectivity index (χ1) is 11.7. The highest BCUT2D eigenvalue weighted by Gasteiger charge is 2.01. The van der Waals surface area contributed by atoms with Gasteiger partial charge in [-0.3, -0.25) is 0 Å². The fourth-order valence-electron chi connectivity index (χ4n) is 2.20. The average molecular weight is 343 g/mol. The van der Waals surface area contributed by atoms with Crippen LogP contribution in [0.2, 0.25) is 5.02 Å². The monoisotopic (exact) mass is 342 g/mol. The molecule has 2 aromatic carbocycles. The van der Waals surface area contributed by atoms with Gasteiger partial charge >= 0.3 is 0 Å². The first-order valence-electron chi connectivity index (χ1n) is 7.53. The van der Waals surface area contributed by atoms with Crippen molar-refractivity contribution in [1.82, 2.24) is 9.97 Å². The Morgan fingerprint density at radius 3 is 2.67 bits per heavy atom. The van der Waals surface area contributed by atoms with Gasteiger partial charge in [0, 0.05) is 23.5 Å². The molecule has 0 saturated heterocycles. The van der Waals surface area contributed by atoms with E-state index in [9.17, 15) is 4.39 Å². The lowest BCUT2D eigenvalue weighted by Gasteiger charge is -2.08. The van der Waals surface area contributed by atoms with Crippen LogP contribution in [-0.2, 0) is 6.42 Å². The fourth-order valence-corrected chi connectivity index (χ4v) is 2.39. The summed E-state index contributed by atoms with van der Waals surface area (Å²) in [5.41, 5.74) is 1.89. The number of nitrogens with one attached hydrogen (secondary N) is 2. The molecule has 1 aromatic heterocycles. The van der Waals surface area contributed by atoms with Crippen molar-refractivity contribution in [2.45, 2.75) is 6.42 Å². The van der Waals surface area contributed by atoms with Crippen molar-refractivity contribution in [3.63, 3.8) is 0 Å². The summed E-state index contributed by atoms with van der Waals surface area (Å²) < 4.78 is 12.9. The molecular weight excluding hydrogens is 327 g/mol. The highest BCUT2D eigenvalue weighted by molar-refractivity contribution is 6.30. The lowest BCUT2D eigenvalue weighted by atomic mass is 10.1. The number of anilines is 3. The van der Waals surface area contributed by atoms with Gasteiger partial charge in [0.1, 0.15) is 11.6 Å². The van der Waals surface area contributed by atoms with Gasteiger partial charge in [0.05, 0.1) is 0 Å². The van der Waals surface area contributed by atoms with E-state index < -0.39 is 0 Å². The lowest BCUT2D eigenvalue weighted by molar-refractivity contribution is 0.627. The molecule has 0 amide bonds. The van der Waals surface area contributed by atoms with Gasteiger partial charge in [0.2, 0.25) is 5.95 Å². The molecule has 2 N–H and O–H groups in total. The van der Waals surface area contributed by atoms with Gasteiger partial charge in [-0.15, -0.1) is 0 Å². The van der Waals surface area contributed by atoms with E-state index in [-0.39, 0.29) is 5.82 Å². The summed E-state index contributed by atoms with van der Waals surface area (Å²) in [6.45, 7) is 0.694. The van der Waals surface area contributed by atoms with Gasteiger partial charge in [-0.05, 0) is 48.4 Å². The second-order valence-corrected chi connectivity index (χ2v) is 5.64. The summed E-state index contributed by atoms with van der Waals surface area (Å²) in [6, 6.07) is 15.7. The molecule has 0 unspecified atom stereocenters. The number of nitrogens with zero attached hydrogens (tertiary/aromatic N) is 2. The molecule has 0 radical (unpaired) electrons. The molecule has 0 fully saturated rings. The number of benzene rings is 2. The summed E-state index contributed by atoms with van der Waals surface area (Å²) in [4.78, 5) is 8.60. The number of rotatable bonds is 6. The van der Waals surface area contributed by atoms with Gasteiger partial charge in [0.15, 0.2) is 0 Å². The minimum Gasteiger partial charge on any atom is -0.370 e. The zero-order chi connectivity index (χ0) is 16.8. The third kappa shape index (κ3) is 4.67. The molecule has 3 rings (SSSR count). The summed E-state index contributed by atoms with van der Waals surface area (Å²) in [5.74, 6) is 0.986. The van der Waals surface area contributed by atoms with Crippen molar-refractivity contribution in [1.29, 1.82) is 0 Å². The van der Waals surface area contributed by atoms with Gasteiger partial charge in [-0.1, -0.05) is 29.8 Å². The molecule has 0 bridgehead atoms. The first kappa shape index (κ1) is 16.2. The van der Waals surface area contributed by atoms with Crippen LogP contribution in [0.1, 0.15) is 5.56 Å². The molecule has 3 aromatic rings. The Bertz CT molecular complexity index is 808. The van der Waals surface area contributed by atoms with Crippen molar-refractivity contribution in [2.75, 3.05) is 17.2 Å². The van der Waals surface area contributed by atoms with Crippen LogP contribution in [0.25, 0.3) is 0 Å². The molecule has 0 spiro atoms. The topological polar surface area (TPSA) is 49.8 Å².